The summed E-state index contributed by atoms with van der Waals surface area (Å²) in [5, 5.41) is 9.59. The Morgan fingerprint density at radius 2 is 1.64 bits per heavy atom. The zero-order valence-electron chi connectivity index (χ0n) is 6.65. The lowest BCUT2D eigenvalue weighted by molar-refractivity contribution is -0.0294. The fourth-order valence-corrected chi connectivity index (χ4v) is 1.73. The van der Waals surface area contributed by atoms with Crippen molar-refractivity contribution in [1.29, 1.82) is 0 Å². The molecule has 0 fully saturated rings. The summed E-state index contributed by atoms with van der Waals surface area (Å²) in [4.78, 5) is -3.40. The van der Waals surface area contributed by atoms with Crippen LogP contribution in [0.2, 0.25) is 10.0 Å². The van der Waals surface area contributed by atoms with Gasteiger partial charge in [0.05, 0.1) is 0 Å². The van der Waals surface area contributed by atoms with Crippen LogP contribution in [0.1, 0.15) is 11.7 Å². The molecule has 0 aliphatic heterocycles. The van der Waals surface area contributed by atoms with Gasteiger partial charge in [0.25, 0.3) is 0 Å². The largest absolute Gasteiger partial charge is 0.381 e. The molecule has 0 aliphatic rings. The molecule has 0 radical (unpaired) electrons. The minimum absolute atomic E-state index is 0.0376. The van der Waals surface area contributed by atoms with E-state index in [1.807, 2.05) is 0 Å². The van der Waals surface area contributed by atoms with E-state index in [0.717, 1.165) is 0 Å². The van der Waals surface area contributed by atoms with E-state index in [1.165, 1.54) is 18.2 Å². The first kappa shape index (κ1) is 12.2. The van der Waals surface area contributed by atoms with Gasteiger partial charge in [-0.2, -0.15) is 8.78 Å². The Morgan fingerprint density at radius 1 is 1.21 bits per heavy atom. The summed E-state index contributed by atoms with van der Waals surface area (Å²) >= 11 is 13.2. The van der Waals surface area contributed by atoms with Crippen molar-refractivity contribution in [2.45, 2.75) is 10.9 Å². The second-order valence-corrected chi connectivity index (χ2v) is 4.58. The van der Waals surface area contributed by atoms with E-state index in [4.69, 9.17) is 23.2 Å². The van der Waals surface area contributed by atoms with Crippen molar-refractivity contribution in [3.63, 3.8) is 0 Å². The Morgan fingerprint density at radius 3 is 2.00 bits per heavy atom. The molecular formula is C8H5BrCl2F2O. The summed E-state index contributed by atoms with van der Waals surface area (Å²) in [7, 11) is 0. The maximum Gasteiger partial charge on any atom is 0.330 e. The van der Waals surface area contributed by atoms with E-state index in [9.17, 15) is 13.9 Å². The van der Waals surface area contributed by atoms with Crippen molar-refractivity contribution in [1.82, 2.24) is 0 Å². The van der Waals surface area contributed by atoms with E-state index >= 15 is 0 Å². The van der Waals surface area contributed by atoms with Crippen LogP contribution in [0.3, 0.4) is 0 Å². The van der Waals surface area contributed by atoms with E-state index in [0.29, 0.717) is 0 Å². The highest BCUT2D eigenvalue weighted by molar-refractivity contribution is 9.10. The maximum absolute atomic E-state index is 12.6. The molecule has 1 aromatic rings. The average Bonchev–Trinajstić information content (AvgIpc) is 1.99. The summed E-state index contributed by atoms with van der Waals surface area (Å²) in [5.74, 6) is 0. The molecule has 0 bridgehead atoms. The number of hydrogen-bond acceptors (Lipinski definition) is 1. The maximum atomic E-state index is 12.6. The van der Waals surface area contributed by atoms with Gasteiger partial charge < -0.3 is 5.11 Å². The van der Waals surface area contributed by atoms with Gasteiger partial charge in [0.15, 0.2) is 6.10 Å². The van der Waals surface area contributed by atoms with Gasteiger partial charge >= 0.3 is 4.83 Å². The smallest absolute Gasteiger partial charge is 0.330 e. The molecule has 1 aromatic carbocycles. The highest BCUT2D eigenvalue weighted by Crippen LogP contribution is 2.38. The van der Waals surface area contributed by atoms with Crippen LogP contribution in [-0.4, -0.2) is 9.94 Å². The van der Waals surface area contributed by atoms with Gasteiger partial charge in [-0.15, -0.1) is 0 Å². The molecule has 1 N–H and O–H groups in total. The molecule has 1 rings (SSSR count). The average molecular weight is 306 g/mol. The van der Waals surface area contributed by atoms with Gasteiger partial charge in [-0.3, -0.25) is 0 Å². The van der Waals surface area contributed by atoms with Gasteiger partial charge in [-0.05, 0) is 39.7 Å². The van der Waals surface area contributed by atoms with Gasteiger partial charge in [-0.25, -0.2) is 0 Å². The highest BCUT2D eigenvalue weighted by Gasteiger charge is 2.36. The molecule has 1 unspecified atom stereocenters. The molecule has 1 nitrogen and oxygen atoms in total. The fourth-order valence-electron chi connectivity index (χ4n) is 0.922. The van der Waals surface area contributed by atoms with E-state index in [-0.39, 0.29) is 15.6 Å². The fraction of sp³-hybridized carbons (Fsp3) is 0.250. The Bertz CT molecular complexity index is 320. The van der Waals surface area contributed by atoms with Gasteiger partial charge in [0, 0.05) is 10.0 Å². The number of rotatable bonds is 2. The van der Waals surface area contributed by atoms with Crippen LogP contribution < -0.4 is 0 Å². The van der Waals surface area contributed by atoms with Gasteiger partial charge in [-0.1, -0.05) is 23.2 Å². The molecular weight excluding hydrogens is 301 g/mol. The Labute approximate surface area is 97.8 Å². The molecule has 0 aromatic heterocycles. The predicted octanol–water partition coefficient (Wildman–Crippen LogP) is 4.01. The van der Waals surface area contributed by atoms with Crippen LogP contribution in [0.4, 0.5) is 8.78 Å². The predicted molar refractivity (Wildman–Crippen MR) is 55.3 cm³/mol. The lowest BCUT2D eigenvalue weighted by atomic mass is 10.1. The number of benzene rings is 1. The van der Waals surface area contributed by atoms with Crippen molar-refractivity contribution in [3.8, 4) is 0 Å². The van der Waals surface area contributed by atoms with Crippen LogP contribution in [0.15, 0.2) is 18.2 Å². The van der Waals surface area contributed by atoms with Crippen molar-refractivity contribution in [2.75, 3.05) is 0 Å². The van der Waals surface area contributed by atoms with Crippen LogP contribution in [0, 0.1) is 0 Å². The molecule has 1 atom stereocenters. The monoisotopic (exact) mass is 304 g/mol. The molecule has 78 valence electrons. The second-order valence-electron chi connectivity index (χ2n) is 2.65. The summed E-state index contributed by atoms with van der Waals surface area (Å²) in [5.41, 5.74) is -0.0376. The summed E-state index contributed by atoms with van der Waals surface area (Å²) in [6.07, 6.45) is -1.97. The molecule has 14 heavy (non-hydrogen) atoms. The Hall–Kier alpha value is 0.1000. The standard InChI is InChI=1S/C8H5BrCl2F2O/c9-8(12,13)7(14)4-1-5(10)3-6(11)2-4/h1-3,7,14H. The minimum Gasteiger partial charge on any atom is -0.381 e. The zero-order valence-corrected chi connectivity index (χ0v) is 9.74. The van der Waals surface area contributed by atoms with Gasteiger partial charge in [0.2, 0.25) is 0 Å². The number of alkyl halides is 3. The Balaban J connectivity index is 3.07. The number of aliphatic hydroxyl groups excluding tert-OH is 1. The first-order chi connectivity index (χ1) is 6.30. The first-order valence-electron chi connectivity index (χ1n) is 3.51. The van der Waals surface area contributed by atoms with E-state index < -0.39 is 10.9 Å². The molecule has 0 amide bonds. The number of aliphatic hydroxyl groups is 1. The van der Waals surface area contributed by atoms with Crippen molar-refractivity contribution in [3.05, 3.63) is 33.8 Å². The zero-order chi connectivity index (χ0) is 10.9. The van der Waals surface area contributed by atoms with Crippen LogP contribution >= 0.6 is 39.1 Å². The minimum atomic E-state index is -3.40. The third kappa shape index (κ3) is 3.05. The summed E-state index contributed by atoms with van der Waals surface area (Å²) < 4.78 is 25.3. The third-order valence-corrected chi connectivity index (χ3v) is 2.38. The molecule has 0 saturated heterocycles. The Kier molecular flexibility index (Phi) is 3.75. The molecule has 0 saturated carbocycles. The van der Waals surface area contributed by atoms with Crippen molar-refractivity contribution in [2.24, 2.45) is 0 Å². The number of hydrogen-bond donors (Lipinski definition) is 1. The SMILES string of the molecule is OC(c1cc(Cl)cc(Cl)c1)C(F)(F)Br. The van der Waals surface area contributed by atoms with Crippen LogP contribution in [0.25, 0.3) is 0 Å². The molecule has 0 heterocycles. The summed E-state index contributed by atoms with van der Waals surface area (Å²) in [6.45, 7) is 0. The quantitative estimate of drug-likeness (QED) is 0.818. The van der Waals surface area contributed by atoms with E-state index in [2.05, 4.69) is 15.9 Å². The first-order valence-corrected chi connectivity index (χ1v) is 5.06. The molecule has 6 heteroatoms. The lowest BCUT2D eigenvalue weighted by Gasteiger charge is -2.16. The van der Waals surface area contributed by atoms with Crippen molar-refractivity contribution < 1.29 is 13.9 Å². The molecule has 0 aliphatic carbocycles. The topological polar surface area (TPSA) is 20.2 Å². The van der Waals surface area contributed by atoms with Crippen molar-refractivity contribution >= 4 is 39.1 Å². The third-order valence-electron chi connectivity index (χ3n) is 1.51. The van der Waals surface area contributed by atoms with Crippen LogP contribution in [-0.2, 0) is 0 Å². The van der Waals surface area contributed by atoms with Crippen LogP contribution in [0.5, 0.6) is 0 Å². The molecule has 0 spiro atoms. The number of halogens is 5. The van der Waals surface area contributed by atoms with Gasteiger partial charge in [0.1, 0.15) is 0 Å². The van der Waals surface area contributed by atoms with E-state index in [1.54, 1.807) is 0 Å². The second kappa shape index (κ2) is 4.31. The summed E-state index contributed by atoms with van der Waals surface area (Å²) in [6, 6.07) is 3.85. The normalized spacial score (nSPS) is 14.1. The highest BCUT2D eigenvalue weighted by atomic mass is 79.9. The lowest BCUT2D eigenvalue weighted by Crippen LogP contribution is -2.18.